The third kappa shape index (κ3) is 3.27. The van der Waals surface area contributed by atoms with Crippen LogP contribution in [0.25, 0.3) is 0 Å². The van der Waals surface area contributed by atoms with Crippen LogP contribution in [0.3, 0.4) is 0 Å². The first-order valence-corrected chi connectivity index (χ1v) is 4.93. The average Bonchev–Trinajstić information content (AvgIpc) is 2.64. The number of nitrogens with zero attached hydrogens (tertiary/aromatic N) is 3. The van der Waals surface area contributed by atoms with Crippen LogP contribution in [0.4, 0.5) is 5.69 Å². The van der Waals surface area contributed by atoms with Gasteiger partial charge in [0.05, 0.1) is 4.92 Å². The van der Waals surface area contributed by atoms with Crippen LogP contribution >= 0.6 is 0 Å². The summed E-state index contributed by atoms with van der Waals surface area (Å²) in [6.07, 6.45) is 2.10. The van der Waals surface area contributed by atoms with Crippen molar-refractivity contribution in [1.82, 2.24) is 15.1 Å². The first-order valence-electron chi connectivity index (χ1n) is 4.93. The van der Waals surface area contributed by atoms with Crippen LogP contribution in [-0.4, -0.2) is 37.2 Å². The van der Waals surface area contributed by atoms with Crippen molar-refractivity contribution in [2.24, 2.45) is 0 Å². The van der Waals surface area contributed by atoms with Crippen LogP contribution in [0.2, 0.25) is 0 Å². The minimum atomic E-state index is -1.41. The Labute approximate surface area is 102 Å². The number of rotatable bonds is 5. The van der Waals surface area contributed by atoms with E-state index < -0.39 is 22.3 Å². The van der Waals surface area contributed by atoms with Crippen LogP contribution < -0.4 is 5.32 Å². The fourth-order valence-electron chi connectivity index (χ4n) is 1.12. The van der Waals surface area contributed by atoms with Gasteiger partial charge in [-0.2, -0.15) is 5.10 Å². The van der Waals surface area contributed by atoms with Crippen molar-refractivity contribution in [2.75, 3.05) is 0 Å². The second kappa shape index (κ2) is 4.82. The second-order valence-electron chi connectivity index (χ2n) is 4.13. The quantitative estimate of drug-likeness (QED) is 0.553. The predicted molar refractivity (Wildman–Crippen MR) is 58.7 cm³/mol. The Morgan fingerprint density at radius 1 is 1.61 bits per heavy atom. The summed E-state index contributed by atoms with van der Waals surface area (Å²) in [5.41, 5.74) is -1.64. The Balaban J connectivity index is 2.65. The first-order chi connectivity index (χ1) is 8.22. The van der Waals surface area contributed by atoms with Gasteiger partial charge in [-0.1, -0.05) is 0 Å². The molecule has 1 rings (SSSR count). The molecule has 0 aliphatic heterocycles. The Hall–Kier alpha value is -2.45. The molecule has 0 atom stereocenters. The first kappa shape index (κ1) is 13.6. The van der Waals surface area contributed by atoms with Crippen LogP contribution in [0, 0.1) is 10.1 Å². The van der Waals surface area contributed by atoms with E-state index in [0.29, 0.717) is 0 Å². The van der Waals surface area contributed by atoms with Crippen molar-refractivity contribution in [1.29, 1.82) is 0 Å². The summed E-state index contributed by atoms with van der Waals surface area (Å²) < 4.78 is 1.06. The van der Waals surface area contributed by atoms with E-state index in [2.05, 4.69) is 10.4 Å². The largest absolute Gasteiger partial charge is 0.480 e. The molecule has 0 aliphatic rings. The average molecular weight is 256 g/mol. The lowest BCUT2D eigenvalue weighted by molar-refractivity contribution is -0.385. The zero-order chi connectivity index (χ0) is 13.9. The number of nitrogens with one attached hydrogen (secondary N) is 1. The Morgan fingerprint density at radius 2 is 2.22 bits per heavy atom. The summed E-state index contributed by atoms with van der Waals surface area (Å²) in [6, 6.07) is 0. The molecule has 0 radical (unpaired) electrons. The SMILES string of the molecule is CC(C)(NC(=O)Cn1cc([N+](=O)[O-])cn1)C(=O)O. The molecule has 0 fully saturated rings. The molecule has 0 spiro atoms. The molecule has 9 nitrogen and oxygen atoms in total. The fourth-order valence-corrected chi connectivity index (χ4v) is 1.12. The minimum absolute atomic E-state index is 0.236. The molecule has 0 saturated heterocycles. The van der Waals surface area contributed by atoms with Crippen molar-refractivity contribution in [3.05, 3.63) is 22.5 Å². The molecule has 0 aromatic carbocycles. The number of carboxylic acids is 1. The Bertz CT molecular complexity index is 493. The van der Waals surface area contributed by atoms with Gasteiger partial charge in [0.15, 0.2) is 0 Å². The van der Waals surface area contributed by atoms with E-state index in [4.69, 9.17) is 5.11 Å². The molecule has 9 heteroatoms. The molecule has 0 bridgehead atoms. The van der Waals surface area contributed by atoms with Gasteiger partial charge in [0.1, 0.15) is 24.5 Å². The van der Waals surface area contributed by atoms with E-state index in [9.17, 15) is 19.7 Å². The van der Waals surface area contributed by atoms with Gasteiger partial charge in [-0.15, -0.1) is 0 Å². The number of hydrogen-bond acceptors (Lipinski definition) is 5. The van der Waals surface area contributed by atoms with Gasteiger partial charge >= 0.3 is 11.7 Å². The molecule has 0 saturated carbocycles. The summed E-state index contributed by atoms with van der Waals surface area (Å²) in [6.45, 7) is 2.38. The molecule has 1 heterocycles. The van der Waals surface area contributed by atoms with Gasteiger partial charge in [-0.25, -0.2) is 4.79 Å². The molecule has 1 amide bonds. The second-order valence-corrected chi connectivity index (χ2v) is 4.13. The highest BCUT2D eigenvalue weighted by Crippen LogP contribution is 2.08. The maximum atomic E-state index is 11.5. The summed E-state index contributed by atoms with van der Waals surface area (Å²) in [4.78, 5) is 32.0. The van der Waals surface area contributed by atoms with E-state index >= 15 is 0 Å². The number of aromatic nitrogens is 2. The number of carbonyl (C=O) groups excluding carboxylic acids is 1. The molecule has 1 aromatic heterocycles. The van der Waals surface area contributed by atoms with Gasteiger partial charge in [0, 0.05) is 0 Å². The van der Waals surface area contributed by atoms with Crippen molar-refractivity contribution in [3.63, 3.8) is 0 Å². The summed E-state index contributed by atoms with van der Waals surface area (Å²) in [5.74, 6) is -1.78. The van der Waals surface area contributed by atoms with Gasteiger partial charge in [0.2, 0.25) is 5.91 Å². The van der Waals surface area contributed by atoms with E-state index in [1.54, 1.807) is 0 Å². The summed E-state index contributed by atoms with van der Waals surface area (Å²) in [5, 5.41) is 25.1. The van der Waals surface area contributed by atoms with Crippen molar-refractivity contribution < 1.29 is 19.6 Å². The number of nitro groups is 1. The van der Waals surface area contributed by atoms with E-state index in [1.165, 1.54) is 13.8 Å². The van der Waals surface area contributed by atoms with Gasteiger partial charge in [-0.05, 0) is 13.8 Å². The lowest BCUT2D eigenvalue weighted by Gasteiger charge is -2.20. The van der Waals surface area contributed by atoms with Crippen molar-refractivity contribution in [2.45, 2.75) is 25.9 Å². The topological polar surface area (TPSA) is 127 Å². The molecular formula is C9H12N4O5. The lowest BCUT2D eigenvalue weighted by Crippen LogP contribution is -2.50. The zero-order valence-corrected chi connectivity index (χ0v) is 9.78. The maximum Gasteiger partial charge on any atom is 0.328 e. The highest BCUT2D eigenvalue weighted by atomic mass is 16.6. The van der Waals surface area contributed by atoms with Crippen LogP contribution in [0.15, 0.2) is 12.4 Å². The standard InChI is InChI=1S/C9H12N4O5/c1-9(2,8(15)16)11-7(14)5-12-4-6(3-10-12)13(17)18/h3-4H,5H2,1-2H3,(H,11,14)(H,15,16). The van der Waals surface area contributed by atoms with E-state index in [-0.39, 0.29) is 12.2 Å². The molecule has 2 N–H and O–H groups in total. The van der Waals surface area contributed by atoms with Gasteiger partial charge in [-0.3, -0.25) is 19.6 Å². The smallest absolute Gasteiger partial charge is 0.328 e. The number of amides is 1. The zero-order valence-electron chi connectivity index (χ0n) is 9.78. The molecular weight excluding hydrogens is 244 g/mol. The highest BCUT2D eigenvalue weighted by Gasteiger charge is 2.29. The van der Waals surface area contributed by atoms with Crippen molar-refractivity contribution >= 4 is 17.6 Å². The van der Waals surface area contributed by atoms with E-state index in [1.807, 2.05) is 0 Å². The normalized spacial score (nSPS) is 11.0. The minimum Gasteiger partial charge on any atom is -0.480 e. The Morgan fingerprint density at radius 3 is 2.67 bits per heavy atom. The highest BCUT2D eigenvalue weighted by molar-refractivity contribution is 5.86. The number of carboxylic acid groups (broad SMARTS) is 1. The fraction of sp³-hybridized carbons (Fsp3) is 0.444. The molecule has 0 aliphatic carbocycles. The summed E-state index contributed by atoms with van der Waals surface area (Å²) in [7, 11) is 0. The predicted octanol–water partition coefficient (Wildman–Crippen LogP) is -0.229. The number of carbonyl (C=O) groups is 2. The third-order valence-corrected chi connectivity index (χ3v) is 2.12. The maximum absolute atomic E-state index is 11.5. The van der Waals surface area contributed by atoms with Crippen LogP contribution in [0.5, 0.6) is 0 Å². The van der Waals surface area contributed by atoms with Crippen LogP contribution in [0.1, 0.15) is 13.8 Å². The molecule has 0 unspecified atom stereocenters. The molecule has 18 heavy (non-hydrogen) atoms. The number of aliphatic carboxylic acids is 1. The molecule has 98 valence electrons. The van der Waals surface area contributed by atoms with Gasteiger partial charge in [0.25, 0.3) is 0 Å². The van der Waals surface area contributed by atoms with Gasteiger partial charge < -0.3 is 10.4 Å². The van der Waals surface area contributed by atoms with Crippen LogP contribution in [-0.2, 0) is 16.1 Å². The number of hydrogen-bond donors (Lipinski definition) is 2. The van der Waals surface area contributed by atoms with Crippen molar-refractivity contribution in [3.8, 4) is 0 Å². The third-order valence-electron chi connectivity index (χ3n) is 2.12. The monoisotopic (exact) mass is 256 g/mol. The van der Waals surface area contributed by atoms with E-state index in [0.717, 1.165) is 17.1 Å². The lowest BCUT2D eigenvalue weighted by atomic mass is 10.1. The molecule has 1 aromatic rings. The summed E-state index contributed by atoms with van der Waals surface area (Å²) >= 11 is 0. The Kier molecular flexibility index (Phi) is 3.64.